The molecule has 2 rings (SSSR count). The van der Waals surface area contributed by atoms with E-state index in [1.807, 2.05) is 13.8 Å². The van der Waals surface area contributed by atoms with Crippen molar-refractivity contribution < 1.29 is 39.0 Å². The van der Waals surface area contributed by atoms with Gasteiger partial charge in [0.15, 0.2) is 0 Å². The lowest BCUT2D eigenvalue weighted by Gasteiger charge is -2.28. The van der Waals surface area contributed by atoms with Crippen molar-refractivity contribution >= 4 is 35.2 Å². The fourth-order valence-corrected chi connectivity index (χ4v) is 5.94. The van der Waals surface area contributed by atoms with Gasteiger partial charge in [0, 0.05) is 0 Å². The number of carbonyl (C=O) groups excluding carboxylic acids is 6. The smallest absolute Gasteiger partial charge is 0.247 e. The zero-order chi connectivity index (χ0) is 44.8. The number of nitrogens with one attached hydrogen (secondary N) is 8. The third-order valence-electron chi connectivity index (χ3n) is 9.11. The molecule has 0 fully saturated rings. The molecule has 0 saturated heterocycles. The summed E-state index contributed by atoms with van der Waals surface area (Å²) in [6, 6.07) is 5.92. The molecule has 22 nitrogen and oxygen atoms in total. The van der Waals surface area contributed by atoms with Crippen LogP contribution in [0.3, 0.4) is 0 Å². The highest BCUT2D eigenvalue weighted by Crippen LogP contribution is 2.15. The van der Waals surface area contributed by atoms with Crippen LogP contribution >= 0.6 is 0 Å². The van der Waals surface area contributed by atoms with Gasteiger partial charge in [0.25, 0.3) is 0 Å². The Morgan fingerprint density at radius 1 is 0.600 bits per heavy atom. The van der Waals surface area contributed by atoms with Gasteiger partial charge < -0.3 is 54.8 Å². The molecule has 0 unspecified atom stereocenters. The summed E-state index contributed by atoms with van der Waals surface area (Å²) in [6.45, 7) is 3.77. The number of benzene rings is 2. The molecule has 0 aliphatic carbocycles. The van der Waals surface area contributed by atoms with E-state index in [4.69, 9.17) is 34.5 Å². The standard InChI is InChI=1S/C38H64N14O8/c1-21(2)17-29(35(59)47-26(5-3-15-45-37(40)41)32(56)33(57)28(50-44)18-22-7-11-24(53)12-8-22)49-34(58)27(6-4-16-46-38(42)43)48-36(60)30(51-52-31(55)20-39)19-23-9-13-25(54)14-10-23/h7-14,21,26-30,37-38,45-46,50-51,53-54H,3-6,15-20,39-44H2,1-2H3,(H,47,59)(H,48,60)(H,49,58)(H,52,55)/t26-,27-,28-,29-,30-/m0/s1. The van der Waals surface area contributed by atoms with Crippen LogP contribution in [0.5, 0.6) is 11.5 Å². The molecule has 2 aromatic rings. The molecule has 2 aromatic carbocycles. The Hall–Kier alpha value is -5.14. The molecular formula is C38H64N14O8. The number of hydrazine groups is 2. The highest BCUT2D eigenvalue weighted by atomic mass is 16.3. The van der Waals surface area contributed by atoms with E-state index < -0.39 is 78.0 Å². The second-order valence-electron chi connectivity index (χ2n) is 14.7. The van der Waals surface area contributed by atoms with Crippen molar-refractivity contribution in [1.82, 2.24) is 42.9 Å². The minimum atomic E-state index is -1.35. The van der Waals surface area contributed by atoms with E-state index in [1.165, 1.54) is 24.3 Å². The summed E-state index contributed by atoms with van der Waals surface area (Å²) in [5.41, 5.74) is 36.4. The van der Waals surface area contributed by atoms with Crippen LogP contribution in [0.4, 0.5) is 0 Å². The molecule has 0 radical (unpaired) electrons. The maximum absolute atomic E-state index is 14.1. The monoisotopic (exact) mass is 845 g/mol. The highest BCUT2D eigenvalue weighted by molar-refractivity contribution is 6.41. The summed E-state index contributed by atoms with van der Waals surface area (Å²) in [6.07, 6.45) is -0.981. The molecule has 0 saturated carbocycles. The van der Waals surface area contributed by atoms with Gasteiger partial charge in [0.1, 0.15) is 42.2 Å². The number of amides is 4. The van der Waals surface area contributed by atoms with E-state index in [0.29, 0.717) is 17.5 Å². The van der Waals surface area contributed by atoms with Crippen LogP contribution in [-0.4, -0.2) is 108 Å². The lowest BCUT2D eigenvalue weighted by molar-refractivity contribution is -0.140. The van der Waals surface area contributed by atoms with Crippen molar-refractivity contribution in [1.29, 1.82) is 0 Å². The van der Waals surface area contributed by atoms with Crippen molar-refractivity contribution in [3.63, 3.8) is 0 Å². The number of hydrogen-bond acceptors (Lipinski definition) is 18. The van der Waals surface area contributed by atoms with Crippen molar-refractivity contribution in [2.75, 3.05) is 19.6 Å². The molecule has 0 spiro atoms. The minimum absolute atomic E-state index is 0.00217. The molecule has 0 aliphatic heterocycles. The second-order valence-corrected chi connectivity index (χ2v) is 14.7. The highest BCUT2D eigenvalue weighted by Gasteiger charge is 2.35. The summed E-state index contributed by atoms with van der Waals surface area (Å²) in [5.74, 6) is 0.900. The average Bonchev–Trinajstić information content (AvgIpc) is 3.20. The minimum Gasteiger partial charge on any atom is -0.508 e. The molecule has 22 N–H and O–H groups in total. The van der Waals surface area contributed by atoms with Gasteiger partial charge in [-0.05, 0) is 99.3 Å². The van der Waals surface area contributed by atoms with Gasteiger partial charge in [-0.3, -0.25) is 50.7 Å². The average molecular weight is 845 g/mol. The molecule has 22 heteroatoms. The largest absolute Gasteiger partial charge is 0.508 e. The van der Waals surface area contributed by atoms with E-state index in [0.717, 1.165) is 0 Å². The normalized spacial score (nSPS) is 13.9. The predicted molar refractivity (Wildman–Crippen MR) is 223 cm³/mol. The zero-order valence-electron chi connectivity index (χ0n) is 34.1. The Balaban J connectivity index is 2.37. The van der Waals surface area contributed by atoms with E-state index in [-0.39, 0.29) is 75.6 Å². The number of ketones is 2. The summed E-state index contributed by atoms with van der Waals surface area (Å²) in [5, 5.41) is 33.1. The van der Waals surface area contributed by atoms with Crippen molar-refractivity contribution in [3.8, 4) is 11.5 Å². The molecule has 0 heterocycles. The number of phenols is 2. The Bertz CT molecular complexity index is 1660. The van der Waals surface area contributed by atoms with Crippen molar-refractivity contribution in [2.45, 2.75) is 102 Å². The lowest BCUT2D eigenvalue weighted by Crippen LogP contribution is -2.60. The first kappa shape index (κ1) is 51.0. The molecule has 0 bridgehead atoms. The Morgan fingerprint density at radius 3 is 1.48 bits per heavy atom. The topological polar surface area (TPSA) is 395 Å². The first-order valence-corrected chi connectivity index (χ1v) is 19.7. The number of phenolic OH excluding ortho intramolecular Hbond substituents is 2. The fourth-order valence-electron chi connectivity index (χ4n) is 5.94. The fraction of sp³-hybridized carbons (Fsp3) is 0.526. The SMILES string of the molecule is CC(C)C[C@H](NC(=O)[C@H](CCCNC(N)N)NC(=O)[C@H](Cc1ccc(O)cc1)NNC(=O)CN)C(=O)N[C@@H](CCCNC(N)N)C(=O)C(=O)[C@H](Cc1ccc(O)cc1)NN. The van der Waals surface area contributed by atoms with Crippen LogP contribution in [0.1, 0.15) is 57.1 Å². The van der Waals surface area contributed by atoms with E-state index in [9.17, 15) is 39.0 Å². The van der Waals surface area contributed by atoms with Crippen LogP contribution in [0.15, 0.2) is 48.5 Å². The summed E-state index contributed by atoms with van der Waals surface area (Å²) in [7, 11) is 0. The molecule has 0 aromatic heterocycles. The number of rotatable bonds is 29. The van der Waals surface area contributed by atoms with Crippen LogP contribution in [-0.2, 0) is 41.6 Å². The molecule has 0 aliphatic rings. The number of carbonyl (C=O) groups is 6. The zero-order valence-corrected chi connectivity index (χ0v) is 34.1. The molecular weight excluding hydrogens is 781 g/mol. The summed E-state index contributed by atoms with van der Waals surface area (Å²) in [4.78, 5) is 81.2. The molecule has 60 heavy (non-hydrogen) atoms. The third-order valence-corrected chi connectivity index (χ3v) is 9.11. The van der Waals surface area contributed by atoms with Crippen molar-refractivity contribution in [3.05, 3.63) is 59.7 Å². The molecule has 334 valence electrons. The van der Waals surface area contributed by atoms with E-state index in [1.54, 1.807) is 24.3 Å². The van der Waals surface area contributed by atoms with Gasteiger partial charge in [-0.15, -0.1) is 0 Å². The number of aromatic hydroxyl groups is 2. The third kappa shape index (κ3) is 19.3. The first-order chi connectivity index (χ1) is 28.4. The van der Waals surface area contributed by atoms with Gasteiger partial charge in [-0.25, -0.2) is 10.9 Å². The van der Waals surface area contributed by atoms with Crippen LogP contribution < -0.4 is 77.4 Å². The maximum Gasteiger partial charge on any atom is 0.247 e. The van der Waals surface area contributed by atoms with E-state index >= 15 is 0 Å². The molecule has 4 amide bonds. The van der Waals surface area contributed by atoms with Gasteiger partial charge in [-0.2, -0.15) is 0 Å². The molecule has 5 atom stereocenters. The number of hydrogen-bond donors (Lipinski definition) is 16. The van der Waals surface area contributed by atoms with Crippen LogP contribution in [0.2, 0.25) is 0 Å². The second kappa shape index (κ2) is 26.9. The number of Topliss-reactive ketones (excluding diaryl/α,β-unsaturated/α-hetero) is 2. The summed E-state index contributed by atoms with van der Waals surface area (Å²) < 4.78 is 0. The number of nitrogens with two attached hydrogens (primary N) is 6. The van der Waals surface area contributed by atoms with Gasteiger partial charge in [0.2, 0.25) is 35.2 Å². The Kier molecular flexibility index (Phi) is 22.8. The summed E-state index contributed by atoms with van der Waals surface area (Å²) >= 11 is 0. The Morgan fingerprint density at radius 2 is 1.02 bits per heavy atom. The van der Waals surface area contributed by atoms with Crippen molar-refractivity contribution in [2.24, 2.45) is 40.4 Å². The maximum atomic E-state index is 14.1. The first-order valence-electron chi connectivity index (χ1n) is 19.7. The lowest BCUT2D eigenvalue weighted by atomic mass is 9.94. The van der Waals surface area contributed by atoms with Crippen LogP contribution in [0, 0.1) is 5.92 Å². The van der Waals surface area contributed by atoms with Crippen LogP contribution in [0.25, 0.3) is 0 Å². The van der Waals surface area contributed by atoms with E-state index in [2.05, 4.69) is 42.9 Å². The predicted octanol–water partition coefficient (Wildman–Crippen LogP) is -4.56. The quantitative estimate of drug-likeness (QED) is 0.0120. The van der Waals surface area contributed by atoms with Gasteiger partial charge >= 0.3 is 0 Å². The Labute approximate surface area is 349 Å². The van der Waals surface area contributed by atoms with Gasteiger partial charge in [0.05, 0.1) is 18.6 Å². The van der Waals surface area contributed by atoms with Gasteiger partial charge in [-0.1, -0.05) is 38.1 Å².